The van der Waals surface area contributed by atoms with Crippen LogP contribution in [0.25, 0.3) is 0 Å². The molecular weight excluding hydrogens is 258 g/mol. The van der Waals surface area contributed by atoms with Crippen molar-refractivity contribution in [3.8, 4) is 5.75 Å². The van der Waals surface area contributed by atoms with Crippen LogP contribution >= 0.6 is 0 Å². The minimum Gasteiger partial charge on any atom is -0.491 e. The van der Waals surface area contributed by atoms with E-state index in [1.807, 2.05) is 26.0 Å². The van der Waals surface area contributed by atoms with Gasteiger partial charge in [-0.05, 0) is 56.9 Å². The van der Waals surface area contributed by atoms with Crippen LogP contribution < -0.4 is 10.5 Å². The van der Waals surface area contributed by atoms with E-state index in [0.717, 1.165) is 24.2 Å². The van der Waals surface area contributed by atoms with Gasteiger partial charge in [0, 0.05) is 6.04 Å². The van der Waals surface area contributed by atoms with E-state index in [0.29, 0.717) is 0 Å². The Bertz CT molecular complexity index is 560. The van der Waals surface area contributed by atoms with Gasteiger partial charge in [0.05, 0.1) is 6.10 Å². The monoisotopic (exact) mass is 283 g/mol. The van der Waals surface area contributed by atoms with Crippen LogP contribution in [0.2, 0.25) is 0 Å². The molecule has 21 heavy (non-hydrogen) atoms. The topological polar surface area (TPSA) is 35.2 Å². The Hall–Kier alpha value is -1.80. The second-order valence-corrected chi connectivity index (χ2v) is 5.87. The first kappa shape index (κ1) is 15.6. The van der Waals surface area contributed by atoms with Crippen molar-refractivity contribution in [2.45, 2.75) is 45.8 Å². The van der Waals surface area contributed by atoms with Crippen molar-refractivity contribution in [1.29, 1.82) is 0 Å². The normalized spacial score (nSPS) is 12.4. The predicted molar refractivity (Wildman–Crippen MR) is 88.6 cm³/mol. The molecular formula is C19H25NO. The number of aryl methyl sites for hydroxylation is 2. The number of hydrogen-bond donors (Lipinski definition) is 1. The van der Waals surface area contributed by atoms with E-state index in [1.54, 1.807) is 0 Å². The molecule has 0 aliphatic carbocycles. The summed E-state index contributed by atoms with van der Waals surface area (Å²) in [6, 6.07) is 16.8. The van der Waals surface area contributed by atoms with Crippen molar-refractivity contribution < 1.29 is 4.74 Å². The number of hydrogen-bond acceptors (Lipinski definition) is 2. The highest BCUT2D eigenvalue weighted by atomic mass is 16.5. The summed E-state index contributed by atoms with van der Waals surface area (Å²) in [4.78, 5) is 0. The zero-order valence-electron chi connectivity index (χ0n) is 13.2. The van der Waals surface area contributed by atoms with Crippen LogP contribution in [0.4, 0.5) is 0 Å². The molecule has 0 bridgehead atoms. The highest BCUT2D eigenvalue weighted by Crippen LogP contribution is 2.22. The van der Waals surface area contributed by atoms with Crippen molar-refractivity contribution in [2.24, 2.45) is 5.73 Å². The molecule has 2 rings (SSSR count). The van der Waals surface area contributed by atoms with Gasteiger partial charge >= 0.3 is 0 Å². The van der Waals surface area contributed by atoms with Crippen LogP contribution in [-0.2, 0) is 6.42 Å². The molecule has 0 aromatic heterocycles. The van der Waals surface area contributed by atoms with E-state index in [1.165, 1.54) is 11.1 Å². The van der Waals surface area contributed by atoms with Crippen molar-refractivity contribution in [1.82, 2.24) is 0 Å². The lowest BCUT2D eigenvalue weighted by Gasteiger charge is -2.15. The molecule has 112 valence electrons. The largest absolute Gasteiger partial charge is 0.491 e. The molecule has 2 aromatic rings. The molecule has 2 nitrogen and oxygen atoms in total. The summed E-state index contributed by atoms with van der Waals surface area (Å²) in [6.07, 6.45) is 2.12. The van der Waals surface area contributed by atoms with Crippen LogP contribution in [0.5, 0.6) is 5.75 Å². The van der Waals surface area contributed by atoms with Crippen LogP contribution in [-0.4, -0.2) is 6.10 Å². The fourth-order valence-corrected chi connectivity index (χ4v) is 2.33. The van der Waals surface area contributed by atoms with E-state index in [2.05, 4.69) is 43.3 Å². The van der Waals surface area contributed by atoms with Crippen LogP contribution in [0.3, 0.4) is 0 Å². The van der Waals surface area contributed by atoms with Crippen molar-refractivity contribution >= 4 is 0 Å². The quantitative estimate of drug-likeness (QED) is 0.852. The molecule has 1 atom stereocenters. The maximum atomic E-state index is 6.32. The van der Waals surface area contributed by atoms with E-state index >= 15 is 0 Å². The molecule has 0 aliphatic rings. The molecule has 2 aromatic carbocycles. The van der Waals surface area contributed by atoms with Crippen LogP contribution in [0.1, 0.15) is 43.0 Å². The summed E-state index contributed by atoms with van der Waals surface area (Å²) in [5.41, 5.74) is 10.1. The summed E-state index contributed by atoms with van der Waals surface area (Å²) in [5.74, 6) is 0.897. The van der Waals surface area contributed by atoms with Gasteiger partial charge in [0.15, 0.2) is 0 Å². The van der Waals surface area contributed by atoms with Gasteiger partial charge in [-0.15, -0.1) is 0 Å². The van der Waals surface area contributed by atoms with Gasteiger partial charge in [0.1, 0.15) is 5.75 Å². The third-order valence-electron chi connectivity index (χ3n) is 3.52. The van der Waals surface area contributed by atoms with E-state index in [9.17, 15) is 0 Å². The number of benzene rings is 2. The molecule has 0 radical (unpaired) electrons. The molecule has 0 saturated carbocycles. The van der Waals surface area contributed by atoms with Gasteiger partial charge in [-0.2, -0.15) is 0 Å². The SMILES string of the molecule is Cc1ccc(CCC(N)c2cccc(OC(C)C)c2)cc1. The highest BCUT2D eigenvalue weighted by molar-refractivity contribution is 5.31. The second kappa shape index (κ2) is 7.28. The molecule has 0 amide bonds. The number of ether oxygens (including phenoxy) is 1. The van der Waals surface area contributed by atoms with E-state index in [-0.39, 0.29) is 12.1 Å². The highest BCUT2D eigenvalue weighted by Gasteiger charge is 2.08. The molecule has 0 aliphatic heterocycles. The van der Waals surface area contributed by atoms with Crippen molar-refractivity contribution in [2.75, 3.05) is 0 Å². The minimum atomic E-state index is 0.0435. The zero-order valence-corrected chi connectivity index (χ0v) is 13.2. The Morgan fingerprint density at radius 3 is 2.43 bits per heavy atom. The van der Waals surface area contributed by atoms with Crippen LogP contribution in [0.15, 0.2) is 48.5 Å². The third-order valence-corrected chi connectivity index (χ3v) is 3.52. The second-order valence-electron chi connectivity index (χ2n) is 5.87. The van der Waals surface area contributed by atoms with E-state index < -0.39 is 0 Å². The van der Waals surface area contributed by atoms with Gasteiger partial charge in [-0.3, -0.25) is 0 Å². The maximum absolute atomic E-state index is 6.32. The fourth-order valence-electron chi connectivity index (χ4n) is 2.33. The van der Waals surface area contributed by atoms with E-state index in [4.69, 9.17) is 10.5 Å². The zero-order chi connectivity index (χ0) is 15.2. The molecule has 2 N–H and O–H groups in total. The summed E-state index contributed by atoms with van der Waals surface area (Å²) < 4.78 is 5.73. The molecule has 0 saturated heterocycles. The smallest absolute Gasteiger partial charge is 0.120 e. The van der Waals surface area contributed by atoms with Gasteiger partial charge < -0.3 is 10.5 Å². The number of rotatable bonds is 6. The predicted octanol–water partition coefficient (Wildman–Crippen LogP) is 4.41. The van der Waals surface area contributed by atoms with Crippen molar-refractivity contribution in [3.05, 3.63) is 65.2 Å². The Balaban J connectivity index is 1.96. The fraction of sp³-hybridized carbons (Fsp3) is 0.368. The Morgan fingerprint density at radius 2 is 1.76 bits per heavy atom. The first-order valence-electron chi connectivity index (χ1n) is 7.62. The standard InChI is InChI=1S/C19H25NO/c1-14(2)21-18-6-4-5-17(13-18)19(20)12-11-16-9-7-15(3)8-10-16/h4-10,13-14,19H,11-12,20H2,1-3H3. The molecule has 0 fully saturated rings. The van der Waals surface area contributed by atoms with Gasteiger partial charge in [0.2, 0.25) is 0 Å². The number of nitrogens with two attached hydrogens (primary N) is 1. The average molecular weight is 283 g/mol. The Kier molecular flexibility index (Phi) is 5.40. The Morgan fingerprint density at radius 1 is 1.05 bits per heavy atom. The molecule has 0 heterocycles. The summed E-state index contributed by atoms with van der Waals surface area (Å²) >= 11 is 0. The van der Waals surface area contributed by atoms with Gasteiger partial charge in [-0.25, -0.2) is 0 Å². The summed E-state index contributed by atoms with van der Waals surface area (Å²) in [7, 11) is 0. The van der Waals surface area contributed by atoms with Gasteiger partial charge in [-0.1, -0.05) is 42.0 Å². The lowest BCUT2D eigenvalue weighted by atomic mass is 9.99. The minimum absolute atomic E-state index is 0.0435. The lowest BCUT2D eigenvalue weighted by Crippen LogP contribution is -2.12. The summed E-state index contributed by atoms with van der Waals surface area (Å²) in [6.45, 7) is 6.17. The Labute approximate surface area is 127 Å². The first-order chi connectivity index (χ1) is 10.0. The lowest BCUT2D eigenvalue weighted by molar-refractivity contribution is 0.242. The molecule has 2 heteroatoms. The third kappa shape index (κ3) is 4.91. The van der Waals surface area contributed by atoms with Gasteiger partial charge in [0.25, 0.3) is 0 Å². The maximum Gasteiger partial charge on any atom is 0.120 e. The first-order valence-corrected chi connectivity index (χ1v) is 7.62. The average Bonchev–Trinajstić information content (AvgIpc) is 2.46. The van der Waals surface area contributed by atoms with Crippen LogP contribution in [0, 0.1) is 6.92 Å². The summed E-state index contributed by atoms with van der Waals surface area (Å²) in [5, 5.41) is 0. The molecule has 0 spiro atoms. The van der Waals surface area contributed by atoms with Crippen molar-refractivity contribution in [3.63, 3.8) is 0 Å². The molecule has 1 unspecified atom stereocenters.